The molecule has 98 valence electrons. The standard InChI is InChI=1S/C10H7BrN4O3S/c1-19(16,17)10-14-13-9(18-10)7-4-12-8-3-2-6(11)5-15(7)8/h2-5H,1H3. The van der Waals surface area contributed by atoms with E-state index in [1.807, 2.05) is 6.07 Å². The molecule has 0 atom stereocenters. The summed E-state index contributed by atoms with van der Waals surface area (Å²) in [6, 6.07) is 3.66. The number of aromatic nitrogens is 4. The predicted molar refractivity (Wildman–Crippen MR) is 69.3 cm³/mol. The molecular formula is C10H7BrN4O3S. The highest BCUT2D eigenvalue weighted by molar-refractivity contribution is 9.10. The SMILES string of the molecule is CS(=O)(=O)c1nnc(-c2cnc3ccc(Br)cn23)o1. The first kappa shape index (κ1) is 12.3. The molecule has 0 aliphatic carbocycles. The third-order valence-electron chi connectivity index (χ3n) is 2.41. The number of halogens is 1. The Labute approximate surface area is 116 Å². The first-order chi connectivity index (χ1) is 8.95. The second-order valence-corrected chi connectivity index (χ2v) is 6.67. The predicted octanol–water partition coefficient (Wildman–Crippen LogP) is 1.55. The summed E-state index contributed by atoms with van der Waals surface area (Å²) in [6.07, 6.45) is 4.33. The lowest BCUT2D eigenvalue weighted by atomic mass is 10.4. The average molecular weight is 343 g/mol. The number of hydrogen-bond donors (Lipinski definition) is 0. The molecule has 0 N–H and O–H groups in total. The molecule has 0 fully saturated rings. The number of imidazole rings is 1. The van der Waals surface area contributed by atoms with Crippen LogP contribution in [0.4, 0.5) is 0 Å². The number of pyridine rings is 1. The van der Waals surface area contributed by atoms with Gasteiger partial charge in [0.05, 0.1) is 6.20 Å². The number of fused-ring (bicyclic) bond motifs is 1. The number of nitrogens with zero attached hydrogens (tertiary/aromatic N) is 4. The van der Waals surface area contributed by atoms with E-state index >= 15 is 0 Å². The molecule has 0 aromatic carbocycles. The van der Waals surface area contributed by atoms with E-state index < -0.39 is 15.1 Å². The summed E-state index contributed by atoms with van der Waals surface area (Å²) in [6.45, 7) is 0. The lowest BCUT2D eigenvalue weighted by Gasteiger charge is -1.97. The summed E-state index contributed by atoms with van der Waals surface area (Å²) in [7, 11) is -3.51. The van der Waals surface area contributed by atoms with Crippen molar-refractivity contribution in [2.24, 2.45) is 0 Å². The van der Waals surface area contributed by atoms with Crippen molar-refractivity contribution in [2.45, 2.75) is 5.22 Å². The summed E-state index contributed by atoms with van der Waals surface area (Å²) in [4.78, 5) is 4.17. The van der Waals surface area contributed by atoms with Gasteiger partial charge in [-0.1, -0.05) is 5.10 Å². The molecule has 0 saturated carbocycles. The van der Waals surface area contributed by atoms with E-state index in [1.54, 1.807) is 22.9 Å². The van der Waals surface area contributed by atoms with Crippen LogP contribution in [0.3, 0.4) is 0 Å². The van der Waals surface area contributed by atoms with Gasteiger partial charge < -0.3 is 4.42 Å². The van der Waals surface area contributed by atoms with E-state index in [1.165, 1.54) is 0 Å². The fourth-order valence-corrected chi connectivity index (χ4v) is 2.33. The highest BCUT2D eigenvalue weighted by Crippen LogP contribution is 2.22. The molecule has 3 aromatic heterocycles. The Morgan fingerprint density at radius 3 is 2.79 bits per heavy atom. The zero-order valence-electron chi connectivity index (χ0n) is 9.61. The van der Waals surface area contributed by atoms with Crippen molar-refractivity contribution in [1.29, 1.82) is 0 Å². The van der Waals surface area contributed by atoms with E-state index in [0.717, 1.165) is 10.7 Å². The minimum absolute atomic E-state index is 0.103. The van der Waals surface area contributed by atoms with Crippen molar-refractivity contribution >= 4 is 31.4 Å². The topological polar surface area (TPSA) is 90.4 Å². The molecule has 0 radical (unpaired) electrons. The molecular weight excluding hydrogens is 336 g/mol. The minimum atomic E-state index is -3.51. The summed E-state index contributed by atoms with van der Waals surface area (Å²) >= 11 is 3.35. The normalized spacial score (nSPS) is 12.1. The highest BCUT2D eigenvalue weighted by Gasteiger charge is 2.19. The lowest BCUT2D eigenvalue weighted by molar-refractivity contribution is 0.440. The van der Waals surface area contributed by atoms with Gasteiger partial charge in [0, 0.05) is 16.9 Å². The largest absolute Gasteiger partial charge is 0.406 e. The molecule has 0 amide bonds. The van der Waals surface area contributed by atoms with Crippen molar-refractivity contribution in [1.82, 2.24) is 19.6 Å². The molecule has 0 unspecified atom stereocenters. The Morgan fingerprint density at radius 1 is 1.32 bits per heavy atom. The van der Waals surface area contributed by atoms with Crippen LogP contribution < -0.4 is 0 Å². The Hall–Kier alpha value is -1.74. The summed E-state index contributed by atoms with van der Waals surface area (Å²) < 4.78 is 30.3. The van der Waals surface area contributed by atoms with E-state index in [9.17, 15) is 8.42 Å². The van der Waals surface area contributed by atoms with E-state index in [4.69, 9.17) is 4.42 Å². The van der Waals surface area contributed by atoms with E-state index in [0.29, 0.717) is 11.3 Å². The van der Waals surface area contributed by atoms with Crippen molar-refractivity contribution < 1.29 is 12.8 Å². The molecule has 0 spiro atoms. The van der Waals surface area contributed by atoms with Crippen LogP contribution in [0.25, 0.3) is 17.2 Å². The van der Waals surface area contributed by atoms with Crippen LogP contribution in [0.5, 0.6) is 0 Å². The maximum atomic E-state index is 11.3. The molecule has 0 aliphatic rings. The molecule has 3 heterocycles. The number of sulfone groups is 1. The van der Waals surface area contributed by atoms with Crippen molar-refractivity contribution in [3.8, 4) is 11.6 Å². The quantitative estimate of drug-likeness (QED) is 0.701. The summed E-state index contributed by atoms with van der Waals surface area (Å²) in [5.74, 6) is 0.103. The molecule has 3 aromatic rings. The first-order valence-electron chi connectivity index (χ1n) is 5.12. The maximum Gasteiger partial charge on any atom is 0.335 e. The molecule has 19 heavy (non-hydrogen) atoms. The van der Waals surface area contributed by atoms with Crippen LogP contribution in [-0.4, -0.2) is 34.3 Å². The van der Waals surface area contributed by atoms with Gasteiger partial charge in [0.15, 0.2) is 0 Å². The van der Waals surface area contributed by atoms with Crippen molar-refractivity contribution in [3.05, 3.63) is 29.0 Å². The second-order valence-electron chi connectivity index (χ2n) is 3.86. The number of rotatable bonds is 2. The highest BCUT2D eigenvalue weighted by atomic mass is 79.9. The summed E-state index contributed by atoms with van der Waals surface area (Å²) in [5, 5.41) is 6.84. The van der Waals surface area contributed by atoms with Gasteiger partial charge in [0.1, 0.15) is 11.3 Å². The van der Waals surface area contributed by atoms with Crippen LogP contribution in [0.1, 0.15) is 0 Å². The van der Waals surface area contributed by atoms with Gasteiger partial charge in [-0.25, -0.2) is 13.4 Å². The third kappa shape index (κ3) is 2.15. The Kier molecular flexibility index (Phi) is 2.68. The molecule has 7 nitrogen and oxygen atoms in total. The van der Waals surface area contributed by atoms with Gasteiger partial charge in [0.2, 0.25) is 9.84 Å². The zero-order valence-corrected chi connectivity index (χ0v) is 12.0. The zero-order chi connectivity index (χ0) is 13.6. The Bertz CT molecular complexity index is 868. The van der Waals surface area contributed by atoms with Gasteiger partial charge in [-0.2, -0.15) is 0 Å². The maximum absolute atomic E-state index is 11.3. The monoisotopic (exact) mass is 342 g/mol. The van der Waals surface area contributed by atoms with Gasteiger partial charge >= 0.3 is 5.22 Å². The smallest absolute Gasteiger partial charge is 0.335 e. The van der Waals surface area contributed by atoms with Crippen LogP contribution in [-0.2, 0) is 9.84 Å². The Balaban J connectivity index is 2.19. The molecule has 0 aliphatic heterocycles. The number of hydrogen-bond acceptors (Lipinski definition) is 6. The van der Waals surface area contributed by atoms with Crippen LogP contribution in [0.2, 0.25) is 0 Å². The van der Waals surface area contributed by atoms with Crippen molar-refractivity contribution in [2.75, 3.05) is 6.26 Å². The van der Waals surface area contributed by atoms with Gasteiger partial charge in [0.25, 0.3) is 5.89 Å². The van der Waals surface area contributed by atoms with Gasteiger partial charge in [-0.15, -0.1) is 5.10 Å². The van der Waals surface area contributed by atoms with Crippen molar-refractivity contribution in [3.63, 3.8) is 0 Å². The van der Waals surface area contributed by atoms with Crippen LogP contribution >= 0.6 is 15.9 Å². The molecule has 0 bridgehead atoms. The van der Waals surface area contributed by atoms with E-state index in [2.05, 4.69) is 31.1 Å². The van der Waals surface area contributed by atoms with Crippen LogP contribution in [0, 0.1) is 0 Å². The second kappa shape index (κ2) is 4.14. The fourth-order valence-electron chi connectivity index (χ4n) is 1.58. The van der Waals surface area contributed by atoms with Gasteiger partial charge in [-0.3, -0.25) is 4.40 Å². The first-order valence-corrected chi connectivity index (χ1v) is 7.80. The summed E-state index contributed by atoms with van der Waals surface area (Å²) in [5.41, 5.74) is 1.22. The lowest BCUT2D eigenvalue weighted by Crippen LogP contribution is -1.96. The molecule has 0 saturated heterocycles. The van der Waals surface area contributed by atoms with E-state index in [-0.39, 0.29) is 5.89 Å². The third-order valence-corrected chi connectivity index (χ3v) is 3.68. The van der Waals surface area contributed by atoms with Gasteiger partial charge in [-0.05, 0) is 28.1 Å². The fraction of sp³-hybridized carbons (Fsp3) is 0.100. The molecule has 3 rings (SSSR count). The Morgan fingerprint density at radius 2 is 2.11 bits per heavy atom. The minimum Gasteiger partial charge on any atom is -0.406 e. The molecule has 9 heteroatoms. The average Bonchev–Trinajstić information content (AvgIpc) is 2.92. The van der Waals surface area contributed by atoms with Crippen LogP contribution in [0.15, 0.2) is 38.6 Å².